The Morgan fingerprint density at radius 1 is 1.17 bits per heavy atom. The maximum atomic E-state index is 11.9. The van der Waals surface area contributed by atoms with Crippen molar-refractivity contribution in [2.24, 2.45) is 5.41 Å². The number of ketones is 1. The summed E-state index contributed by atoms with van der Waals surface area (Å²) < 4.78 is 5.31. The highest BCUT2D eigenvalue weighted by Crippen LogP contribution is 2.38. The first kappa shape index (κ1) is 15.9. The summed E-state index contributed by atoms with van der Waals surface area (Å²) in [7, 11) is 0. The largest absolute Gasteiger partial charge is 0.465 e. The van der Waals surface area contributed by atoms with Gasteiger partial charge in [-0.25, -0.2) is 0 Å². The SMILES string of the molecule is CC(C)(C)C(=O)C(Cl)Oc1ccc(Cl)c(Cl)c1Cl. The Bertz CT molecular complexity index is 466. The van der Waals surface area contributed by atoms with Gasteiger partial charge < -0.3 is 4.74 Å². The molecule has 0 fully saturated rings. The van der Waals surface area contributed by atoms with Crippen LogP contribution < -0.4 is 4.74 Å². The molecule has 0 saturated heterocycles. The van der Waals surface area contributed by atoms with Gasteiger partial charge in [0.05, 0.1) is 10.0 Å². The molecule has 0 amide bonds. The van der Waals surface area contributed by atoms with E-state index in [-0.39, 0.29) is 21.6 Å². The summed E-state index contributed by atoms with van der Waals surface area (Å²) in [6.07, 6.45) is 0. The van der Waals surface area contributed by atoms with Crippen LogP contribution in [0.5, 0.6) is 5.75 Å². The standard InChI is InChI=1S/C12H12Cl4O2/c1-12(2,3)10(17)11(16)18-7-5-4-6(13)8(14)9(7)15/h4-5,11H,1-3H3. The van der Waals surface area contributed by atoms with Crippen LogP contribution in [-0.4, -0.2) is 11.3 Å². The maximum Gasteiger partial charge on any atom is 0.230 e. The van der Waals surface area contributed by atoms with Crippen LogP contribution in [0.3, 0.4) is 0 Å². The number of hydrogen-bond donors (Lipinski definition) is 0. The Kier molecular flexibility index (Phi) is 5.19. The Morgan fingerprint density at radius 2 is 1.72 bits per heavy atom. The number of alkyl halides is 1. The summed E-state index contributed by atoms with van der Waals surface area (Å²) in [5, 5.41) is 0.613. The molecule has 0 heterocycles. The maximum absolute atomic E-state index is 11.9. The van der Waals surface area contributed by atoms with Crippen LogP contribution in [0.1, 0.15) is 20.8 Å². The van der Waals surface area contributed by atoms with Gasteiger partial charge in [-0.15, -0.1) is 0 Å². The summed E-state index contributed by atoms with van der Waals surface area (Å²) in [6.45, 7) is 5.26. The number of ether oxygens (including phenoxy) is 1. The predicted octanol–water partition coefficient (Wildman–Crippen LogP) is 5.21. The lowest BCUT2D eigenvalue weighted by atomic mass is 9.91. The minimum Gasteiger partial charge on any atom is -0.465 e. The number of Topliss-reactive ketones (excluding diaryl/α,β-unsaturated/α-hetero) is 1. The van der Waals surface area contributed by atoms with Crippen molar-refractivity contribution in [1.29, 1.82) is 0 Å². The molecule has 0 aliphatic rings. The fourth-order valence-electron chi connectivity index (χ4n) is 1.10. The lowest BCUT2D eigenvalue weighted by Crippen LogP contribution is -2.32. The van der Waals surface area contributed by atoms with E-state index < -0.39 is 11.0 Å². The van der Waals surface area contributed by atoms with Crippen molar-refractivity contribution in [3.05, 3.63) is 27.2 Å². The van der Waals surface area contributed by atoms with E-state index in [0.717, 1.165) is 0 Å². The van der Waals surface area contributed by atoms with Crippen LogP contribution in [0.25, 0.3) is 0 Å². The van der Waals surface area contributed by atoms with Crippen molar-refractivity contribution < 1.29 is 9.53 Å². The number of benzene rings is 1. The normalized spacial score (nSPS) is 13.3. The molecule has 0 N–H and O–H groups in total. The van der Waals surface area contributed by atoms with Crippen LogP contribution >= 0.6 is 46.4 Å². The van der Waals surface area contributed by atoms with Crippen LogP contribution in [0, 0.1) is 5.41 Å². The minimum atomic E-state index is -1.13. The summed E-state index contributed by atoms with van der Waals surface area (Å²) >= 11 is 23.5. The zero-order chi connectivity index (χ0) is 14.1. The molecule has 1 rings (SSSR count). The molecular weight excluding hydrogens is 318 g/mol. The molecule has 1 atom stereocenters. The van der Waals surface area contributed by atoms with Crippen molar-refractivity contribution in [1.82, 2.24) is 0 Å². The molecule has 0 aliphatic carbocycles. The minimum absolute atomic E-state index is 0.136. The third-order valence-electron chi connectivity index (χ3n) is 2.18. The second-order valence-electron chi connectivity index (χ2n) is 4.72. The van der Waals surface area contributed by atoms with E-state index in [0.29, 0.717) is 5.02 Å². The molecule has 0 aliphatic heterocycles. The van der Waals surface area contributed by atoms with E-state index in [1.54, 1.807) is 20.8 Å². The third-order valence-corrected chi connectivity index (χ3v) is 3.74. The molecule has 2 nitrogen and oxygen atoms in total. The molecule has 0 radical (unpaired) electrons. The fourth-order valence-corrected chi connectivity index (χ4v) is 2.10. The lowest BCUT2D eigenvalue weighted by Gasteiger charge is -2.21. The molecule has 100 valence electrons. The molecule has 18 heavy (non-hydrogen) atoms. The van der Waals surface area contributed by atoms with E-state index in [1.807, 2.05) is 0 Å². The highest BCUT2D eigenvalue weighted by Gasteiger charge is 2.30. The Balaban J connectivity index is 2.93. The van der Waals surface area contributed by atoms with E-state index in [4.69, 9.17) is 51.1 Å². The fraction of sp³-hybridized carbons (Fsp3) is 0.417. The van der Waals surface area contributed by atoms with Gasteiger partial charge in [0, 0.05) is 5.41 Å². The summed E-state index contributed by atoms with van der Waals surface area (Å²) in [5.74, 6) is -0.0185. The number of rotatable bonds is 3. The van der Waals surface area contributed by atoms with Crippen molar-refractivity contribution in [2.45, 2.75) is 26.3 Å². The van der Waals surface area contributed by atoms with Crippen molar-refractivity contribution in [3.8, 4) is 5.75 Å². The number of hydrogen-bond acceptors (Lipinski definition) is 2. The van der Waals surface area contributed by atoms with E-state index in [2.05, 4.69) is 0 Å². The van der Waals surface area contributed by atoms with E-state index >= 15 is 0 Å². The Morgan fingerprint density at radius 3 is 2.22 bits per heavy atom. The summed E-state index contributed by atoms with van der Waals surface area (Å²) in [6, 6.07) is 3.04. The van der Waals surface area contributed by atoms with Crippen LogP contribution in [0.15, 0.2) is 12.1 Å². The molecule has 1 unspecified atom stereocenters. The van der Waals surface area contributed by atoms with Gasteiger partial charge in [0.1, 0.15) is 10.8 Å². The highest BCUT2D eigenvalue weighted by molar-refractivity contribution is 6.48. The molecule has 0 saturated carbocycles. The summed E-state index contributed by atoms with van der Waals surface area (Å²) in [4.78, 5) is 11.9. The molecule has 1 aromatic rings. The lowest BCUT2D eigenvalue weighted by molar-refractivity contribution is -0.130. The monoisotopic (exact) mass is 328 g/mol. The zero-order valence-corrected chi connectivity index (χ0v) is 13.1. The van der Waals surface area contributed by atoms with Crippen LogP contribution in [-0.2, 0) is 4.79 Å². The van der Waals surface area contributed by atoms with E-state index in [9.17, 15) is 4.79 Å². The topological polar surface area (TPSA) is 26.3 Å². The van der Waals surface area contributed by atoms with Gasteiger partial charge in [0.15, 0.2) is 5.78 Å². The first-order chi connectivity index (χ1) is 8.14. The Hall–Kier alpha value is -0.150. The summed E-state index contributed by atoms with van der Waals surface area (Å²) in [5.41, 5.74) is -1.73. The molecular formula is C12H12Cl4O2. The second kappa shape index (κ2) is 5.87. The average Bonchev–Trinajstić information content (AvgIpc) is 2.27. The third kappa shape index (κ3) is 3.67. The van der Waals surface area contributed by atoms with Gasteiger partial charge in [-0.1, -0.05) is 67.2 Å². The van der Waals surface area contributed by atoms with Crippen molar-refractivity contribution >= 4 is 52.2 Å². The van der Waals surface area contributed by atoms with Crippen molar-refractivity contribution in [2.75, 3.05) is 0 Å². The molecule has 0 aromatic heterocycles. The second-order valence-corrected chi connectivity index (χ2v) is 6.28. The van der Waals surface area contributed by atoms with Gasteiger partial charge in [0.25, 0.3) is 0 Å². The molecule has 6 heteroatoms. The highest BCUT2D eigenvalue weighted by atomic mass is 35.5. The van der Waals surface area contributed by atoms with Gasteiger partial charge >= 0.3 is 0 Å². The van der Waals surface area contributed by atoms with Crippen LogP contribution in [0.4, 0.5) is 0 Å². The van der Waals surface area contributed by atoms with Gasteiger partial charge in [0.2, 0.25) is 5.56 Å². The van der Waals surface area contributed by atoms with Gasteiger partial charge in [-0.3, -0.25) is 4.79 Å². The Labute approximate surface area is 126 Å². The predicted molar refractivity (Wildman–Crippen MR) is 76.2 cm³/mol. The number of halogens is 4. The first-order valence-corrected chi connectivity index (χ1v) is 6.70. The quantitative estimate of drug-likeness (QED) is 0.562. The smallest absolute Gasteiger partial charge is 0.230 e. The zero-order valence-electron chi connectivity index (χ0n) is 10.1. The number of carbonyl (C=O) groups excluding carboxylic acids is 1. The molecule has 0 bridgehead atoms. The van der Waals surface area contributed by atoms with Gasteiger partial charge in [-0.05, 0) is 12.1 Å². The molecule has 1 aromatic carbocycles. The van der Waals surface area contributed by atoms with Crippen molar-refractivity contribution in [3.63, 3.8) is 0 Å². The first-order valence-electron chi connectivity index (χ1n) is 5.13. The number of carbonyl (C=O) groups is 1. The van der Waals surface area contributed by atoms with Crippen LogP contribution in [0.2, 0.25) is 15.1 Å². The van der Waals surface area contributed by atoms with E-state index in [1.165, 1.54) is 12.1 Å². The van der Waals surface area contributed by atoms with Gasteiger partial charge in [-0.2, -0.15) is 0 Å². The molecule has 0 spiro atoms. The average molecular weight is 330 g/mol.